The lowest BCUT2D eigenvalue weighted by atomic mass is 9.98. The Morgan fingerprint density at radius 3 is 2.95 bits per heavy atom. The molecule has 0 saturated heterocycles. The minimum atomic E-state index is -0.0856. The second-order valence-corrected chi connectivity index (χ2v) is 6.12. The van der Waals surface area contributed by atoms with Crippen LogP contribution in [0.25, 0.3) is 11.3 Å². The SMILES string of the molecule is CC1CCC[C@H](N)c2ncc([nH]2)-c2ccccc2NC(=O)C1. The molecule has 1 aliphatic rings. The molecule has 2 aromatic rings. The van der Waals surface area contributed by atoms with Gasteiger partial charge in [0.15, 0.2) is 0 Å². The summed E-state index contributed by atoms with van der Waals surface area (Å²) >= 11 is 0. The third-order valence-corrected chi connectivity index (χ3v) is 4.18. The zero-order valence-corrected chi connectivity index (χ0v) is 12.8. The van der Waals surface area contributed by atoms with Crippen molar-refractivity contribution >= 4 is 11.6 Å². The fourth-order valence-corrected chi connectivity index (χ4v) is 2.93. The third-order valence-electron chi connectivity index (χ3n) is 4.18. The van der Waals surface area contributed by atoms with E-state index in [-0.39, 0.29) is 11.9 Å². The lowest BCUT2D eigenvalue weighted by Gasteiger charge is -2.13. The number of fused-ring (bicyclic) bond motifs is 4. The molecule has 2 bridgehead atoms. The number of hydrogen-bond donors (Lipinski definition) is 3. The fraction of sp³-hybridized carbons (Fsp3) is 0.412. The minimum Gasteiger partial charge on any atom is -0.341 e. The van der Waals surface area contributed by atoms with E-state index in [4.69, 9.17) is 5.73 Å². The number of amides is 1. The summed E-state index contributed by atoms with van der Waals surface area (Å²) in [6.45, 7) is 2.11. The molecule has 3 rings (SSSR count). The van der Waals surface area contributed by atoms with Crippen molar-refractivity contribution in [3.63, 3.8) is 0 Å². The number of imidazole rings is 1. The molecule has 5 heteroatoms. The van der Waals surface area contributed by atoms with E-state index in [9.17, 15) is 4.79 Å². The van der Waals surface area contributed by atoms with E-state index < -0.39 is 0 Å². The van der Waals surface area contributed by atoms with Crippen LogP contribution in [-0.2, 0) is 4.79 Å². The Bertz CT molecular complexity index is 664. The van der Waals surface area contributed by atoms with Gasteiger partial charge in [-0.05, 0) is 18.4 Å². The molecule has 1 amide bonds. The molecule has 2 atom stereocenters. The number of anilines is 1. The average molecular weight is 298 g/mol. The van der Waals surface area contributed by atoms with Crippen LogP contribution in [0.3, 0.4) is 0 Å². The number of nitrogens with zero attached hydrogens (tertiary/aromatic N) is 1. The quantitative estimate of drug-likeness (QED) is 0.698. The van der Waals surface area contributed by atoms with Crippen molar-refractivity contribution in [2.24, 2.45) is 11.7 Å². The van der Waals surface area contributed by atoms with Crippen molar-refractivity contribution in [3.8, 4) is 11.3 Å². The summed E-state index contributed by atoms with van der Waals surface area (Å²) < 4.78 is 0. The summed E-state index contributed by atoms with van der Waals surface area (Å²) in [6, 6.07) is 7.67. The summed E-state index contributed by atoms with van der Waals surface area (Å²) in [5.74, 6) is 1.22. The van der Waals surface area contributed by atoms with Gasteiger partial charge < -0.3 is 16.0 Å². The number of rotatable bonds is 0. The number of benzene rings is 1. The van der Waals surface area contributed by atoms with Crippen LogP contribution in [0.5, 0.6) is 0 Å². The topological polar surface area (TPSA) is 83.8 Å². The monoisotopic (exact) mass is 298 g/mol. The number of hydrogen-bond acceptors (Lipinski definition) is 3. The van der Waals surface area contributed by atoms with Gasteiger partial charge in [0.05, 0.1) is 23.6 Å². The van der Waals surface area contributed by atoms with Crippen LogP contribution in [0.1, 0.15) is 44.5 Å². The summed E-state index contributed by atoms with van der Waals surface area (Å²) in [6.07, 6.45) is 5.20. The predicted octanol–water partition coefficient (Wildman–Crippen LogP) is 3.23. The maximum Gasteiger partial charge on any atom is 0.224 e. The Labute approximate surface area is 130 Å². The minimum absolute atomic E-state index is 0.0586. The molecule has 5 nitrogen and oxygen atoms in total. The third kappa shape index (κ3) is 3.20. The van der Waals surface area contributed by atoms with Crippen LogP contribution < -0.4 is 11.1 Å². The van der Waals surface area contributed by atoms with E-state index in [1.54, 1.807) is 6.20 Å². The molecule has 0 saturated carbocycles. The molecule has 1 aromatic carbocycles. The molecule has 0 radical (unpaired) electrons. The Hall–Kier alpha value is -2.14. The molecule has 116 valence electrons. The van der Waals surface area contributed by atoms with Gasteiger partial charge in [-0.25, -0.2) is 4.98 Å². The maximum atomic E-state index is 12.2. The molecule has 0 aliphatic carbocycles. The highest BCUT2D eigenvalue weighted by Crippen LogP contribution is 2.29. The highest BCUT2D eigenvalue weighted by molar-refractivity contribution is 5.95. The van der Waals surface area contributed by atoms with Gasteiger partial charge in [0, 0.05) is 12.0 Å². The first-order valence-electron chi connectivity index (χ1n) is 7.83. The molecule has 0 spiro atoms. The first-order valence-corrected chi connectivity index (χ1v) is 7.83. The van der Waals surface area contributed by atoms with Gasteiger partial charge in [-0.1, -0.05) is 38.0 Å². The number of carbonyl (C=O) groups is 1. The van der Waals surface area contributed by atoms with E-state index in [2.05, 4.69) is 22.2 Å². The Kier molecular flexibility index (Phi) is 4.24. The molecular formula is C17H22N4O. The Morgan fingerprint density at radius 1 is 1.27 bits per heavy atom. The Morgan fingerprint density at radius 2 is 2.09 bits per heavy atom. The average Bonchev–Trinajstić information content (AvgIpc) is 2.96. The molecule has 1 unspecified atom stereocenters. The number of H-pyrrole nitrogens is 1. The van der Waals surface area contributed by atoms with Crippen LogP contribution >= 0.6 is 0 Å². The van der Waals surface area contributed by atoms with Crippen LogP contribution in [-0.4, -0.2) is 15.9 Å². The molecule has 2 heterocycles. The number of aromatic amines is 1. The van der Waals surface area contributed by atoms with Crippen molar-refractivity contribution in [1.29, 1.82) is 0 Å². The summed E-state index contributed by atoms with van der Waals surface area (Å²) in [5, 5.41) is 3.02. The van der Waals surface area contributed by atoms with Crippen molar-refractivity contribution in [2.45, 2.75) is 38.6 Å². The second kappa shape index (κ2) is 6.32. The van der Waals surface area contributed by atoms with Crippen LogP contribution in [0, 0.1) is 5.92 Å². The van der Waals surface area contributed by atoms with Gasteiger partial charge in [-0.2, -0.15) is 0 Å². The molecule has 4 N–H and O–H groups in total. The zero-order valence-electron chi connectivity index (χ0n) is 12.8. The predicted molar refractivity (Wildman–Crippen MR) is 87.2 cm³/mol. The van der Waals surface area contributed by atoms with Gasteiger partial charge in [0.2, 0.25) is 5.91 Å². The summed E-state index contributed by atoms with van der Waals surface area (Å²) in [5.41, 5.74) is 8.85. The Balaban J connectivity index is 1.99. The molecule has 0 fully saturated rings. The zero-order chi connectivity index (χ0) is 15.5. The normalized spacial score (nSPS) is 22.7. The number of para-hydroxylation sites is 1. The number of carbonyl (C=O) groups excluding carboxylic acids is 1. The number of aromatic nitrogens is 2. The lowest BCUT2D eigenvalue weighted by Crippen LogP contribution is -2.16. The maximum absolute atomic E-state index is 12.2. The van der Waals surface area contributed by atoms with Gasteiger partial charge in [-0.3, -0.25) is 4.79 Å². The highest BCUT2D eigenvalue weighted by Gasteiger charge is 2.17. The van der Waals surface area contributed by atoms with Gasteiger partial charge in [-0.15, -0.1) is 0 Å². The standard InChI is InChI=1S/C17H22N4O/c1-11-5-4-7-13(18)17-19-10-15(21-17)12-6-2-3-8-14(12)20-16(22)9-11/h2-3,6,8,10-11,13H,4-5,7,9,18H2,1H3,(H,19,21)(H,20,22)/t11?,13-/m0/s1. The first kappa shape index (κ1) is 14.8. The molecule has 1 aliphatic heterocycles. The highest BCUT2D eigenvalue weighted by atomic mass is 16.1. The smallest absolute Gasteiger partial charge is 0.224 e. The van der Waals surface area contributed by atoms with E-state index in [1.807, 2.05) is 24.3 Å². The van der Waals surface area contributed by atoms with Crippen LogP contribution in [0.15, 0.2) is 30.5 Å². The first-order chi connectivity index (χ1) is 10.6. The van der Waals surface area contributed by atoms with Gasteiger partial charge in [0.1, 0.15) is 5.82 Å². The number of nitrogens with two attached hydrogens (primary N) is 1. The molecular weight excluding hydrogens is 276 g/mol. The van der Waals surface area contributed by atoms with Crippen molar-refractivity contribution < 1.29 is 4.79 Å². The van der Waals surface area contributed by atoms with Crippen molar-refractivity contribution in [1.82, 2.24) is 9.97 Å². The van der Waals surface area contributed by atoms with E-state index >= 15 is 0 Å². The van der Waals surface area contributed by atoms with E-state index in [0.29, 0.717) is 12.3 Å². The van der Waals surface area contributed by atoms with Crippen molar-refractivity contribution in [2.75, 3.05) is 5.32 Å². The van der Waals surface area contributed by atoms with Gasteiger partial charge in [0.25, 0.3) is 0 Å². The van der Waals surface area contributed by atoms with Crippen LogP contribution in [0.4, 0.5) is 5.69 Å². The molecule has 1 aromatic heterocycles. The largest absolute Gasteiger partial charge is 0.341 e. The summed E-state index contributed by atoms with van der Waals surface area (Å²) in [4.78, 5) is 19.9. The second-order valence-electron chi connectivity index (χ2n) is 6.12. The van der Waals surface area contributed by atoms with E-state index in [0.717, 1.165) is 42.0 Å². The van der Waals surface area contributed by atoms with Crippen LogP contribution in [0.2, 0.25) is 0 Å². The van der Waals surface area contributed by atoms with E-state index in [1.165, 1.54) is 0 Å². The number of nitrogens with one attached hydrogen (secondary N) is 2. The molecule has 22 heavy (non-hydrogen) atoms. The fourth-order valence-electron chi connectivity index (χ4n) is 2.93. The summed E-state index contributed by atoms with van der Waals surface area (Å²) in [7, 11) is 0. The lowest BCUT2D eigenvalue weighted by molar-refractivity contribution is -0.117. The van der Waals surface area contributed by atoms with Gasteiger partial charge >= 0.3 is 0 Å². The van der Waals surface area contributed by atoms with Crippen molar-refractivity contribution in [3.05, 3.63) is 36.3 Å².